The van der Waals surface area contributed by atoms with Gasteiger partial charge in [-0.1, -0.05) is 36.4 Å². The molecule has 0 aliphatic rings. The van der Waals surface area contributed by atoms with Gasteiger partial charge in [-0.3, -0.25) is 4.79 Å². The minimum atomic E-state index is -3.57. The molecule has 0 saturated heterocycles. The molecule has 2 aromatic carbocycles. The maximum atomic E-state index is 12.9. The molecular weight excluding hydrogens is 392 g/mol. The van der Waals surface area contributed by atoms with Crippen LogP contribution in [0.15, 0.2) is 48.5 Å². The second-order valence-corrected chi connectivity index (χ2v) is 8.50. The Hall–Kier alpha value is -2.58. The van der Waals surface area contributed by atoms with Gasteiger partial charge in [0.2, 0.25) is 15.9 Å². The lowest BCUT2D eigenvalue weighted by atomic mass is 10.1. The quantitative estimate of drug-likeness (QED) is 0.639. The van der Waals surface area contributed by atoms with Crippen LogP contribution in [0.1, 0.15) is 31.0 Å². The first kappa shape index (κ1) is 22.7. The van der Waals surface area contributed by atoms with E-state index in [1.165, 1.54) is 7.05 Å². The van der Waals surface area contributed by atoms with Crippen LogP contribution in [0, 0.1) is 0 Å². The van der Waals surface area contributed by atoms with E-state index in [9.17, 15) is 13.2 Å². The molecule has 0 spiro atoms. The Bertz CT molecular complexity index is 916. The fourth-order valence-electron chi connectivity index (χ4n) is 2.84. The van der Waals surface area contributed by atoms with Gasteiger partial charge < -0.3 is 14.8 Å². The van der Waals surface area contributed by atoms with Crippen LogP contribution in [0.3, 0.4) is 0 Å². The Balaban J connectivity index is 2.21. The summed E-state index contributed by atoms with van der Waals surface area (Å²) in [4.78, 5) is 12.9. The molecule has 0 aliphatic heterocycles. The van der Waals surface area contributed by atoms with Crippen LogP contribution < -0.4 is 14.8 Å². The molecule has 1 amide bonds. The molecule has 2 aromatic rings. The molecule has 29 heavy (non-hydrogen) atoms. The molecule has 8 heteroatoms. The van der Waals surface area contributed by atoms with E-state index in [1.807, 2.05) is 32.0 Å². The van der Waals surface area contributed by atoms with Gasteiger partial charge in [0.05, 0.1) is 19.5 Å². The number of benzene rings is 2. The average Bonchev–Trinajstić information content (AvgIpc) is 2.68. The number of likely N-dealkylation sites (N-methyl/N-ethyl adjacent to an activating group) is 1. The van der Waals surface area contributed by atoms with Gasteiger partial charge in [0, 0.05) is 13.6 Å². The first-order valence-corrected chi connectivity index (χ1v) is 11.3. The fraction of sp³-hybridized carbons (Fsp3) is 0.381. The number of nitrogens with one attached hydrogen (secondary N) is 1. The molecule has 0 bridgehead atoms. The lowest BCUT2D eigenvalue weighted by Crippen LogP contribution is -2.41. The summed E-state index contributed by atoms with van der Waals surface area (Å²) < 4.78 is 36.3. The standard InChI is InChI=1S/C21H28N2O5S/c1-5-27-18-13-12-16(14-19(18)28-6-2)15-22-21(24)20(23(3)29(4,25)26)17-10-8-7-9-11-17/h7-14,20H,5-6,15H2,1-4H3,(H,22,24)/t20-/m0/s1. The average molecular weight is 421 g/mol. The number of ether oxygens (including phenoxy) is 2. The Labute approximate surface area is 172 Å². The maximum absolute atomic E-state index is 12.9. The molecule has 0 radical (unpaired) electrons. The summed E-state index contributed by atoms with van der Waals surface area (Å²) in [6.07, 6.45) is 1.08. The highest BCUT2D eigenvalue weighted by molar-refractivity contribution is 7.88. The van der Waals surface area contributed by atoms with Crippen LogP contribution >= 0.6 is 0 Å². The minimum absolute atomic E-state index is 0.228. The molecular formula is C21H28N2O5S. The zero-order chi connectivity index (χ0) is 21.4. The van der Waals surface area contributed by atoms with Crippen molar-refractivity contribution >= 4 is 15.9 Å². The number of sulfonamides is 1. The summed E-state index contributed by atoms with van der Waals surface area (Å²) >= 11 is 0. The van der Waals surface area contributed by atoms with E-state index < -0.39 is 22.0 Å². The maximum Gasteiger partial charge on any atom is 0.243 e. The monoisotopic (exact) mass is 420 g/mol. The number of hydrogen-bond donors (Lipinski definition) is 1. The molecule has 2 rings (SSSR count). The lowest BCUT2D eigenvalue weighted by Gasteiger charge is -2.25. The van der Waals surface area contributed by atoms with Gasteiger partial charge in [-0.15, -0.1) is 0 Å². The van der Waals surface area contributed by atoms with Gasteiger partial charge in [0.25, 0.3) is 0 Å². The van der Waals surface area contributed by atoms with Crippen molar-refractivity contribution in [1.29, 1.82) is 0 Å². The van der Waals surface area contributed by atoms with Gasteiger partial charge in [-0.2, -0.15) is 4.31 Å². The molecule has 0 aromatic heterocycles. The summed E-state index contributed by atoms with van der Waals surface area (Å²) in [7, 11) is -2.17. The Morgan fingerprint density at radius 1 is 1.03 bits per heavy atom. The number of rotatable bonds is 10. The molecule has 0 unspecified atom stereocenters. The Morgan fingerprint density at radius 2 is 1.66 bits per heavy atom. The molecule has 1 N–H and O–H groups in total. The second kappa shape index (κ2) is 10.3. The van der Waals surface area contributed by atoms with Crippen molar-refractivity contribution in [1.82, 2.24) is 9.62 Å². The van der Waals surface area contributed by atoms with Gasteiger partial charge in [0.15, 0.2) is 11.5 Å². The molecule has 158 valence electrons. The molecule has 1 atom stereocenters. The largest absolute Gasteiger partial charge is 0.490 e. The van der Waals surface area contributed by atoms with Gasteiger partial charge >= 0.3 is 0 Å². The van der Waals surface area contributed by atoms with E-state index in [2.05, 4.69) is 5.32 Å². The van der Waals surface area contributed by atoms with Crippen LogP contribution in [-0.4, -0.2) is 45.1 Å². The van der Waals surface area contributed by atoms with E-state index in [4.69, 9.17) is 9.47 Å². The molecule has 0 heterocycles. The minimum Gasteiger partial charge on any atom is -0.490 e. The van der Waals surface area contributed by atoms with Crippen LogP contribution in [-0.2, 0) is 21.4 Å². The van der Waals surface area contributed by atoms with Crippen molar-refractivity contribution in [3.63, 3.8) is 0 Å². The van der Waals surface area contributed by atoms with Crippen LogP contribution in [0.25, 0.3) is 0 Å². The summed E-state index contributed by atoms with van der Waals surface area (Å²) in [6, 6.07) is 13.3. The topological polar surface area (TPSA) is 84.9 Å². The Morgan fingerprint density at radius 3 is 2.24 bits per heavy atom. The molecule has 0 aliphatic carbocycles. The highest BCUT2D eigenvalue weighted by Gasteiger charge is 2.30. The van der Waals surface area contributed by atoms with Crippen molar-refractivity contribution in [3.8, 4) is 11.5 Å². The first-order valence-electron chi connectivity index (χ1n) is 9.42. The van der Waals surface area contributed by atoms with Gasteiger partial charge in [-0.25, -0.2) is 8.42 Å². The lowest BCUT2D eigenvalue weighted by molar-refractivity contribution is -0.125. The van der Waals surface area contributed by atoms with Crippen molar-refractivity contribution in [2.24, 2.45) is 0 Å². The molecule has 7 nitrogen and oxygen atoms in total. The zero-order valence-electron chi connectivity index (χ0n) is 17.2. The van der Waals surface area contributed by atoms with E-state index >= 15 is 0 Å². The van der Waals surface area contributed by atoms with E-state index in [1.54, 1.807) is 30.3 Å². The summed E-state index contributed by atoms with van der Waals surface area (Å²) in [5.41, 5.74) is 1.42. The third kappa shape index (κ3) is 6.20. The van der Waals surface area contributed by atoms with Crippen molar-refractivity contribution in [2.45, 2.75) is 26.4 Å². The number of hydrogen-bond acceptors (Lipinski definition) is 5. The van der Waals surface area contributed by atoms with E-state index in [0.29, 0.717) is 30.3 Å². The normalized spacial score (nSPS) is 12.4. The smallest absolute Gasteiger partial charge is 0.243 e. The van der Waals surface area contributed by atoms with Crippen LogP contribution in [0.2, 0.25) is 0 Å². The third-order valence-electron chi connectivity index (χ3n) is 4.32. The van der Waals surface area contributed by atoms with Gasteiger partial charge in [0.1, 0.15) is 6.04 Å². The predicted molar refractivity (Wildman–Crippen MR) is 112 cm³/mol. The van der Waals surface area contributed by atoms with E-state index in [0.717, 1.165) is 16.1 Å². The molecule has 0 saturated carbocycles. The Kier molecular flexibility index (Phi) is 8.04. The summed E-state index contributed by atoms with van der Waals surface area (Å²) in [5.74, 6) is 0.841. The molecule has 0 fully saturated rings. The summed E-state index contributed by atoms with van der Waals surface area (Å²) in [6.45, 7) is 5.02. The van der Waals surface area contributed by atoms with Gasteiger partial charge in [-0.05, 0) is 37.1 Å². The number of carbonyl (C=O) groups excluding carboxylic acids is 1. The zero-order valence-corrected chi connectivity index (χ0v) is 18.0. The predicted octanol–water partition coefficient (Wildman–Crippen LogP) is 2.73. The van der Waals surface area contributed by atoms with Crippen LogP contribution in [0.4, 0.5) is 0 Å². The highest BCUT2D eigenvalue weighted by Crippen LogP contribution is 2.29. The van der Waals surface area contributed by atoms with Crippen LogP contribution in [0.5, 0.6) is 11.5 Å². The number of carbonyl (C=O) groups is 1. The third-order valence-corrected chi connectivity index (χ3v) is 5.58. The van der Waals surface area contributed by atoms with E-state index in [-0.39, 0.29) is 6.54 Å². The van der Waals surface area contributed by atoms with Crippen molar-refractivity contribution in [2.75, 3.05) is 26.5 Å². The second-order valence-electron chi connectivity index (χ2n) is 6.46. The number of amides is 1. The summed E-state index contributed by atoms with van der Waals surface area (Å²) in [5, 5.41) is 2.83. The fourth-order valence-corrected chi connectivity index (χ4v) is 3.44. The SMILES string of the molecule is CCOc1ccc(CNC(=O)[C@H](c2ccccc2)N(C)S(C)(=O)=O)cc1OCC. The van der Waals surface area contributed by atoms with Crippen molar-refractivity contribution < 1.29 is 22.7 Å². The first-order chi connectivity index (χ1) is 13.8. The highest BCUT2D eigenvalue weighted by atomic mass is 32.2. The van der Waals surface area contributed by atoms with Crippen molar-refractivity contribution in [3.05, 3.63) is 59.7 Å². The number of nitrogens with zero attached hydrogens (tertiary/aromatic N) is 1.